The normalized spacial score (nSPS) is 15.1. The fourth-order valence-electron chi connectivity index (χ4n) is 4.07. The van der Waals surface area contributed by atoms with Crippen molar-refractivity contribution in [2.45, 2.75) is 32.6 Å². The largest absolute Gasteiger partial charge is 0.326 e. The molecule has 0 bridgehead atoms. The van der Waals surface area contributed by atoms with E-state index in [1.807, 2.05) is 12.1 Å². The van der Waals surface area contributed by atoms with Crippen molar-refractivity contribution in [1.82, 2.24) is 4.90 Å². The Hall–Kier alpha value is -3.48. The Morgan fingerprint density at radius 3 is 2.40 bits per heavy atom. The van der Waals surface area contributed by atoms with Crippen molar-refractivity contribution in [3.05, 3.63) is 59.2 Å². The molecule has 2 aromatic carbocycles. The third kappa shape index (κ3) is 3.70. The number of benzene rings is 2. The molecule has 1 N–H and O–H groups in total. The van der Waals surface area contributed by atoms with Crippen molar-refractivity contribution >= 4 is 35.0 Å². The van der Waals surface area contributed by atoms with Gasteiger partial charge in [0.05, 0.1) is 11.1 Å². The Morgan fingerprint density at radius 2 is 1.73 bits per heavy atom. The number of nitrogens with zero attached hydrogens (tertiary/aromatic N) is 2. The molecule has 0 aromatic heterocycles. The summed E-state index contributed by atoms with van der Waals surface area (Å²) >= 11 is 0. The van der Waals surface area contributed by atoms with Gasteiger partial charge in [-0.3, -0.25) is 24.1 Å². The first-order valence-electron chi connectivity index (χ1n) is 10.1. The van der Waals surface area contributed by atoms with Crippen LogP contribution in [0.15, 0.2) is 42.5 Å². The van der Waals surface area contributed by atoms with Gasteiger partial charge < -0.3 is 10.2 Å². The quantitative estimate of drug-likeness (QED) is 0.775. The Labute approximate surface area is 174 Å². The summed E-state index contributed by atoms with van der Waals surface area (Å²) in [6.45, 7) is 2.47. The van der Waals surface area contributed by atoms with E-state index in [1.54, 1.807) is 42.2 Å². The summed E-state index contributed by atoms with van der Waals surface area (Å²) in [6, 6.07) is 12.3. The lowest BCUT2D eigenvalue weighted by Gasteiger charge is -2.29. The lowest BCUT2D eigenvalue weighted by molar-refractivity contribution is -0.117. The van der Waals surface area contributed by atoms with Gasteiger partial charge in [0.15, 0.2) is 0 Å². The molecule has 0 spiro atoms. The molecule has 7 heteroatoms. The third-order valence-electron chi connectivity index (χ3n) is 5.53. The molecule has 0 unspecified atom stereocenters. The second-order valence-corrected chi connectivity index (χ2v) is 7.58. The highest BCUT2D eigenvalue weighted by Gasteiger charge is 2.34. The number of carbonyl (C=O) groups is 4. The van der Waals surface area contributed by atoms with Crippen molar-refractivity contribution in [3.8, 4) is 0 Å². The molecule has 0 radical (unpaired) electrons. The minimum atomic E-state index is -0.305. The maximum atomic E-state index is 12.4. The molecule has 2 aliphatic rings. The maximum absolute atomic E-state index is 12.4. The Morgan fingerprint density at radius 1 is 1.03 bits per heavy atom. The molecular formula is C23H23N3O4. The van der Waals surface area contributed by atoms with E-state index in [4.69, 9.17) is 0 Å². The smallest absolute Gasteiger partial charge is 0.261 e. The molecule has 0 saturated carbocycles. The van der Waals surface area contributed by atoms with E-state index in [2.05, 4.69) is 5.32 Å². The molecule has 154 valence electrons. The average Bonchev–Trinajstić information content (AvgIpc) is 2.98. The van der Waals surface area contributed by atoms with Crippen LogP contribution in [0.3, 0.4) is 0 Å². The summed E-state index contributed by atoms with van der Waals surface area (Å²) in [6.07, 6.45) is 2.34. The number of carbonyl (C=O) groups excluding carboxylic acids is 4. The molecule has 4 amide bonds. The molecule has 0 fully saturated rings. The first-order valence-corrected chi connectivity index (χ1v) is 10.1. The van der Waals surface area contributed by atoms with E-state index < -0.39 is 0 Å². The number of hydrogen-bond donors (Lipinski definition) is 1. The fourth-order valence-corrected chi connectivity index (χ4v) is 4.07. The van der Waals surface area contributed by atoms with Crippen LogP contribution in [-0.4, -0.2) is 41.6 Å². The SMILES string of the molecule is CC(=O)N1CCCc2cc(NC(=O)CCCN3C(=O)c4ccccc4C3=O)ccc21. The molecular weight excluding hydrogens is 382 g/mol. The minimum absolute atomic E-state index is 0.0147. The number of fused-ring (bicyclic) bond motifs is 2. The first kappa shape index (κ1) is 19.8. The number of anilines is 2. The highest BCUT2D eigenvalue weighted by molar-refractivity contribution is 6.21. The van der Waals surface area contributed by atoms with Gasteiger partial charge in [-0.15, -0.1) is 0 Å². The van der Waals surface area contributed by atoms with E-state index in [1.165, 1.54) is 4.90 Å². The van der Waals surface area contributed by atoms with Crippen molar-refractivity contribution < 1.29 is 19.2 Å². The Kier molecular flexibility index (Phi) is 5.35. The zero-order valence-corrected chi connectivity index (χ0v) is 16.8. The number of aryl methyl sites for hydroxylation is 1. The summed E-state index contributed by atoms with van der Waals surface area (Å²) in [4.78, 5) is 51.8. The molecule has 4 rings (SSSR count). The molecule has 30 heavy (non-hydrogen) atoms. The van der Waals surface area contributed by atoms with Crippen LogP contribution in [-0.2, 0) is 16.0 Å². The molecule has 0 aliphatic carbocycles. The van der Waals surface area contributed by atoms with E-state index in [9.17, 15) is 19.2 Å². The maximum Gasteiger partial charge on any atom is 0.261 e. The topological polar surface area (TPSA) is 86.8 Å². The predicted molar refractivity (Wildman–Crippen MR) is 112 cm³/mol. The Balaban J connectivity index is 1.32. The van der Waals surface area contributed by atoms with Gasteiger partial charge >= 0.3 is 0 Å². The highest BCUT2D eigenvalue weighted by atomic mass is 16.2. The lowest BCUT2D eigenvalue weighted by atomic mass is 10.0. The van der Waals surface area contributed by atoms with Crippen LogP contribution in [0.1, 0.15) is 52.5 Å². The summed E-state index contributed by atoms with van der Waals surface area (Å²) in [5.41, 5.74) is 3.46. The van der Waals surface area contributed by atoms with E-state index in [0.29, 0.717) is 29.8 Å². The lowest BCUT2D eigenvalue weighted by Crippen LogP contribution is -2.33. The van der Waals surface area contributed by atoms with Crippen LogP contribution >= 0.6 is 0 Å². The van der Waals surface area contributed by atoms with Crippen LogP contribution in [0.25, 0.3) is 0 Å². The number of imide groups is 1. The molecule has 0 saturated heterocycles. The molecule has 7 nitrogen and oxygen atoms in total. The van der Waals surface area contributed by atoms with Crippen LogP contribution in [0.2, 0.25) is 0 Å². The number of nitrogens with one attached hydrogen (secondary N) is 1. The van der Waals surface area contributed by atoms with Crippen molar-refractivity contribution in [1.29, 1.82) is 0 Å². The van der Waals surface area contributed by atoms with Gasteiger partial charge in [-0.2, -0.15) is 0 Å². The van der Waals surface area contributed by atoms with Crippen LogP contribution in [0.4, 0.5) is 11.4 Å². The van der Waals surface area contributed by atoms with E-state index in [0.717, 1.165) is 24.1 Å². The fraction of sp³-hybridized carbons (Fsp3) is 0.304. The van der Waals surface area contributed by atoms with Crippen LogP contribution < -0.4 is 10.2 Å². The third-order valence-corrected chi connectivity index (χ3v) is 5.53. The van der Waals surface area contributed by atoms with Gasteiger partial charge in [-0.1, -0.05) is 12.1 Å². The molecule has 2 heterocycles. The van der Waals surface area contributed by atoms with Crippen molar-refractivity contribution in [2.24, 2.45) is 0 Å². The van der Waals surface area contributed by atoms with Gasteiger partial charge in [0, 0.05) is 37.8 Å². The van der Waals surface area contributed by atoms with Crippen LogP contribution in [0, 0.1) is 0 Å². The summed E-state index contributed by atoms with van der Waals surface area (Å²) in [7, 11) is 0. The Bertz CT molecular complexity index is 1010. The zero-order valence-electron chi connectivity index (χ0n) is 16.8. The highest BCUT2D eigenvalue weighted by Crippen LogP contribution is 2.30. The molecule has 0 atom stereocenters. The zero-order chi connectivity index (χ0) is 21.3. The monoisotopic (exact) mass is 405 g/mol. The second-order valence-electron chi connectivity index (χ2n) is 7.58. The van der Waals surface area contributed by atoms with Crippen molar-refractivity contribution in [3.63, 3.8) is 0 Å². The van der Waals surface area contributed by atoms with Crippen molar-refractivity contribution in [2.75, 3.05) is 23.3 Å². The number of amides is 4. The predicted octanol–water partition coefficient (Wildman–Crippen LogP) is 3.00. The number of rotatable bonds is 5. The van der Waals surface area contributed by atoms with E-state index >= 15 is 0 Å². The van der Waals surface area contributed by atoms with E-state index in [-0.39, 0.29) is 36.6 Å². The molecule has 2 aliphatic heterocycles. The van der Waals surface area contributed by atoms with Gasteiger partial charge in [-0.25, -0.2) is 0 Å². The standard InChI is InChI=1S/C23H23N3O4/c1-15(27)25-12-4-6-16-14-17(10-11-20(16)25)24-21(28)9-5-13-26-22(29)18-7-2-3-8-19(18)23(26)30/h2-3,7-8,10-11,14H,4-6,9,12-13H2,1H3,(H,24,28). The first-order chi connectivity index (χ1) is 14.5. The minimum Gasteiger partial charge on any atom is -0.326 e. The van der Waals surface area contributed by atoms with Crippen LogP contribution in [0.5, 0.6) is 0 Å². The van der Waals surface area contributed by atoms with Gasteiger partial charge in [0.25, 0.3) is 11.8 Å². The van der Waals surface area contributed by atoms with Gasteiger partial charge in [0.2, 0.25) is 11.8 Å². The average molecular weight is 405 g/mol. The van der Waals surface area contributed by atoms with Gasteiger partial charge in [-0.05, 0) is 55.2 Å². The summed E-state index contributed by atoms with van der Waals surface area (Å²) in [5.74, 6) is -0.770. The summed E-state index contributed by atoms with van der Waals surface area (Å²) in [5, 5.41) is 2.87. The number of hydrogen-bond acceptors (Lipinski definition) is 4. The molecule has 2 aromatic rings. The summed E-state index contributed by atoms with van der Waals surface area (Å²) < 4.78 is 0. The van der Waals surface area contributed by atoms with Gasteiger partial charge in [0.1, 0.15) is 0 Å². The second kappa shape index (κ2) is 8.10.